The normalized spacial score (nSPS) is 26.0. The lowest BCUT2D eigenvalue weighted by Crippen LogP contribution is -2.34. The Labute approximate surface area is 125 Å². The standard InChI is InChI=1S/C14H24N6O/c1-14(6-5-9-21-14)10-16-12-17-11(15)18-13(19-12)20-7-3-2-4-8-20/h2-10H2,1H3,(H3,15,16,17,18,19). The van der Waals surface area contributed by atoms with E-state index in [0.717, 1.165) is 32.5 Å². The van der Waals surface area contributed by atoms with Crippen LogP contribution in [0, 0.1) is 0 Å². The third-order valence-corrected chi connectivity index (χ3v) is 4.20. The van der Waals surface area contributed by atoms with E-state index >= 15 is 0 Å². The first-order chi connectivity index (χ1) is 10.1. The summed E-state index contributed by atoms with van der Waals surface area (Å²) in [6, 6.07) is 0. The van der Waals surface area contributed by atoms with Crippen molar-refractivity contribution in [3.63, 3.8) is 0 Å². The second kappa shape index (κ2) is 6.01. The molecule has 0 saturated carbocycles. The Morgan fingerprint density at radius 1 is 1.19 bits per heavy atom. The molecule has 21 heavy (non-hydrogen) atoms. The SMILES string of the molecule is CC1(CNc2nc(N)nc(N3CCCCC3)n2)CCCO1. The van der Waals surface area contributed by atoms with E-state index in [9.17, 15) is 0 Å². The summed E-state index contributed by atoms with van der Waals surface area (Å²) in [7, 11) is 0. The van der Waals surface area contributed by atoms with Crippen molar-refractivity contribution in [2.75, 3.05) is 42.2 Å². The molecule has 1 aromatic heterocycles. The lowest BCUT2D eigenvalue weighted by atomic mass is 10.0. The van der Waals surface area contributed by atoms with Gasteiger partial charge in [-0.1, -0.05) is 0 Å². The van der Waals surface area contributed by atoms with Crippen LogP contribution >= 0.6 is 0 Å². The summed E-state index contributed by atoms with van der Waals surface area (Å²) in [6.07, 6.45) is 5.80. The van der Waals surface area contributed by atoms with Crippen LogP contribution in [0.5, 0.6) is 0 Å². The van der Waals surface area contributed by atoms with E-state index in [2.05, 4.69) is 32.1 Å². The smallest absolute Gasteiger partial charge is 0.231 e. The van der Waals surface area contributed by atoms with Gasteiger partial charge < -0.3 is 20.7 Å². The van der Waals surface area contributed by atoms with Gasteiger partial charge in [0.15, 0.2) is 0 Å². The van der Waals surface area contributed by atoms with Gasteiger partial charge in [-0.25, -0.2) is 0 Å². The predicted octanol–water partition coefficient (Wildman–Crippen LogP) is 1.43. The molecular weight excluding hydrogens is 268 g/mol. The molecule has 2 saturated heterocycles. The number of nitrogens with one attached hydrogen (secondary N) is 1. The van der Waals surface area contributed by atoms with Gasteiger partial charge in [0.05, 0.1) is 5.60 Å². The van der Waals surface area contributed by atoms with Crippen molar-refractivity contribution >= 4 is 17.8 Å². The molecule has 0 spiro atoms. The maximum Gasteiger partial charge on any atom is 0.231 e. The van der Waals surface area contributed by atoms with Crippen molar-refractivity contribution in [3.8, 4) is 0 Å². The van der Waals surface area contributed by atoms with Crippen LogP contribution in [0.1, 0.15) is 39.0 Å². The number of nitrogens with zero attached hydrogens (tertiary/aromatic N) is 4. The summed E-state index contributed by atoms with van der Waals surface area (Å²) in [5.41, 5.74) is 5.69. The number of aromatic nitrogens is 3. The zero-order chi connectivity index (χ0) is 14.7. The predicted molar refractivity (Wildman–Crippen MR) is 82.4 cm³/mol. The molecule has 0 aromatic carbocycles. The topological polar surface area (TPSA) is 89.2 Å². The number of hydrogen-bond donors (Lipinski definition) is 2. The number of piperidine rings is 1. The minimum absolute atomic E-state index is 0.132. The van der Waals surface area contributed by atoms with Crippen LogP contribution in [0.25, 0.3) is 0 Å². The van der Waals surface area contributed by atoms with E-state index < -0.39 is 0 Å². The largest absolute Gasteiger partial charge is 0.373 e. The molecule has 0 aliphatic carbocycles. The molecule has 0 bridgehead atoms. The zero-order valence-electron chi connectivity index (χ0n) is 12.6. The van der Waals surface area contributed by atoms with Crippen LogP contribution in [-0.2, 0) is 4.74 Å². The Morgan fingerprint density at radius 3 is 2.71 bits per heavy atom. The molecule has 1 unspecified atom stereocenters. The number of nitrogens with two attached hydrogens (primary N) is 1. The number of hydrogen-bond acceptors (Lipinski definition) is 7. The molecule has 3 heterocycles. The lowest BCUT2D eigenvalue weighted by molar-refractivity contribution is 0.0314. The summed E-state index contributed by atoms with van der Waals surface area (Å²) in [5, 5.41) is 3.25. The molecule has 3 rings (SSSR count). The average molecular weight is 292 g/mol. The van der Waals surface area contributed by atoms with Gasteiger partial charge >= 0.3 is 0 Å². The first-order valence-electron chi connectivity index (χ1n) is 7.79. The number of anilines is 3. The van der Waals surface area contributed by atoms with Gasteiger partial charge in [-0.15, -0.1) is 0 Å². The molecule has 7 nitrogen and oxygen atoms in total. The lowest BCUT2D eigenvalue weighted by Gasteiger charge is -2.27. The fraction of sp³-hybridized carbons (Fsp3) is 0.786. The third kappa shape index (κ3) is 3.53. The Hall–Kier alpha value is -1.63. The Bertz CT molecular complexity index is 482. The third-order valence-electron chi connectivity index (χ3n) is 4.20. The maximum atomic E-state index is 5.82. The van der Waals surface area contributed by atoms with Gasteiger partial charge in [-0.05, 0) is 39.0 Å². The maximum absolute atomic E-state index is 5.82. The van der Waals surface area contributed by atoms with Crippen LogP contribution in [0.4, 0.5) is 17.8 Å². The summed E-state index contributed by atoms with van der Waals surface area (Å²) in [5.74, 6) is 1.49. The van der Waals surface area contributed by atoms with Crippen molar-refractivity contribution < 1.29 is 4.74 Å². The van der Waals surface area contributed by atoms with Gasteiger partial charge in [0.1, 0.15) is 0 Å². The molecule has 116 valence electrons. The minimum Gasteiger partial charge on any atom is -0.373 e. The van der Waals surface area contributed by atoms with Gasteiger partial charge in [-0.3, -0.25) is 0 Å². The van der Waals surface area contributed by atoms with Crippen molar-refractivity contribution in [2.24, 2.45) is 0 Å². The molecular formula is C14H24N6O. The van der Waals surface area contributed by atoms with E-state index in [1.54, 1.807) is 0 Å². The van der Waals surface area contributed by atoms with Crippen molar-refractivity contribution in [2.45, 2.75) is 44.6 Å². The highest BCUT2D eigenvalue weighted by molar-refractivity contribution is 5.42. The fourth-order valence-electron chi connectivity index (χ4n) is 2.94. The molecule has 1 aromatic rings. The highest BCUT2D eigenvalue weighted by Crippen LogP contribution is 2.25. The van der Waals surface area contributed by atoms with E-state index in [1.165, 1.54) is 19.3 Å². The molecule has 0 radical (unpaired) electrons. The second-order valence-electron chi connectivity index (χ2n) is 6.12. The van der Waals surface area contributed by atoms with Gasteiger partial charge in [0.2, 0.25) is 17.8 Å². The first-order valence-corrected chi connectivity index (χ1v) is 7.79. The van der Waals surface area contributed by atoms with Crippen molar-refractivity contribution in [3.05, 3.63) is 0 Å². The molecule has 3 N–H and O–H groups in total. The van der Waals surface area contributed by atoms with Crippen LogP contribution in [0.3, 0.4) is 0 Å². The molecule has 0 amide bonds. The zero-order valence-corrected chi connectivity index (χ0v) is 12.6. The fourth-order valence-corrected chi connectivity index (χ4v) is 2.94. The highest BCUT2D eigenvalue weighted by atomic mass is 16.5. The summed E-state index contributed by atoms with van der Waals surface area (Å²) in [6.45, 7) is 5.61. The summed E-state index contributed by atoms with van der Waals surface area (Å²) >= 11 is 0. The molecule has 2 aliphatic rings. The molecule has 2 fully saturated rings. The summed E-state index contributed by atoms with van der Waals surface area (Å²) in [4.78, 5) is 15.1. The van der Waals surface area contributed by atoms with Crippen molar-refractivity contribution in [1.82, 2.24) is 15.0 Å². The summed E-state index contributed by atoms with van der Waals surface area (Å²) < 4.78 is 5.76. The van der Waals surface area contributed by atoms with E-state index in [0.29, 0.717) is 18.4 Å². The van der Waals surface area contributed by atoms with Gasteiger partial charge in [0, 0.05) is 26.2 Å². The van der Waals surface area contributed by atoms with Crippen LogP contribution < -0.4 is 16.0 Å². The number of rotatable bonds is 4. The van der Waals surface area contributed by atoms with Gasteiger partial charge in [-0.2, -0.15) is 15.0 Å². The highest BCUT2D eigenvalue weighted by Gasteiger charge is 2.29. The van der Waals surface area contributed by atoms with Crippen LogP contribution in [-0.4, -0.2) is 46.8 Å². The monoisotopic (exact) mass is 292 g/mol. The van der Waals surface area contributed by atoms with E-state index in [-0.39, 0.29) is 11.5 Å². The Kier molecular flexibility index (Phi) is 4.10. The Morgan fingerprint density at radius 2 is 2.00 bits per heavy atom. The average Bonchev–Trinajstić information content (AvgIpc) is 2.93. The van der Waals surface area contributed by atoms with Gasteiger partial charge in [0.25, 0.3) is 0 Å². The quantitative estimate of drug-likeness (QED) is 0.867. The minimum atomic E-state index is -0.132. The van der Waals surface area contributed by atoms with E-state index in [4.69, 9.17) is 10.5 Å². The van der Waals surface area contributed by atoms with Crippen molar-refractivity contribution in [1.29, 1.82) is 0 Å². The molecule has 7 heteroatoms. The first kappa shape index (κ1) is 14.3. The number of ether oxygens (including phenoxy) is 1. The van der Waals surface area contributed by atoms with Crippen LogP contribution in [0.2, 0.25) is 0 Å². The van der Waals surface area contributed by atoms with E-state index in [1.807, 2.05) is 0 Å². The van der Waals surface area contributed by atoms with Crippen LogP contribution in [0.15, 0.2) is 0 Å². The molecule has 1 atom stereocenters. The second-order valence-corrected chi connectivity index (χ2v) is 6.12. The molecule has 2 aliphatic heterocycles. The Balaban J connectivity index is 1.68. The number of nitrogen functional groups attached to an aromatic ring is 1.